The second-order valence-corrected chi connectivity index (χ2v) is 6.43. The molecular weight excluding hydrogens is 268 g/mol. The van der Waals surface area contributed by atoms with Crippen molar-refractivity contribution in [3.05, 3.63) is 25.3 Å². The van der Waals surface area contributed by atoms with Gasteiger partial charge < -0.3 is 14.9 Å². The fourth-order valence-electron chi connectivity index (χ4n) is 2.09. The Labute approximate surface area is 128 Å². The second kappa shape index (κ2) is 9.74. The molecule has 0 amide bonds. The highest BCUT2D eigenvalue weighted by Gasteiger charge is 2.22. The van der Waals surface area contributed by atoms with Crippen molar-refractivity contribution in [2.75, 3.05) is 0 Å². The highest BCUT2D eigenvalue weighted by molar-refractivity contribution is 5.70. The summed E-state index contributed by atoms with van der Waals surface area (Å²) in [5.74, 6) is -0.238. The van der Waals surface area contributed by atoms with E-state index in [0.717, 1.165) is 12.8 Å². The van der Waals surface area contributed by atoms with Crippen molar-refractivity contribution in [1.29, 1.82) is 0 Å². The summed E-state index contributed by atoms with van der Waals surface area (Å²) < 4.78 is 5.32. The number of carbonyl (C=O) groups is 1. The molecule has 0 fully saturated rings. The van der Waals surface area contributed by atoms with E-state index in [0.29, 0.717) is 12.8 Å². The lowest BCUT2D eigenvalue weighted by atomic mass is 9.91. The van der Waals surface area contributed by atoms with Gasteiger partial charge in [-0.05, 0) is 46.0 Å². The van der Waals surface area contributed by atoms with E-state index in [1.54, 1.807) is 0 Å². The summed E-state index contributed by atoms with van der Waals surface area (Å²) in [6.45, 7) is 12.6. The Kier molecular flexibility index (Phi) is 9.22. The van der Waals surface area contributed by atoms with Crippen molar-refractivity contribution in [3.8, 4) is 0 Å². The van der Waals surface area contributed by atoms with Gasteiger partial charge in [-0.3, -0.25) is 4.79 Å². The van der Waals surface area contributed by atoms with E-state index in [1.165, 1.54) is 12.2 Å². The van der Waals surface area contributed by atoms with Crippen LogP contribution in [0.5, 0.6) is 0 Å². The van der Waals surface area contributed by atoms with Gasteiger partial charge in [0.1, 0.15) is 5.60 Å². The minimum Gasteiger partial charge on any atom is -0.460 e. The van der Waals surface area contributed by atoms with Crippen LogP contribution >= 0.6 is 0 Å². The van der Waals surface area contributed by atoms with Crippen molar-refractivity contribution in [2.24, 2.45) is 5.92 Å². The summed E-state index contributed by atoms with van der Waals surface area (Å²) >= 11 is 0. The molecule has 0 aromatic carbocycles. The van der Waals surface area contributed by atoms with Gasteiger partial charge in [0.25, 0.3) is 0 Å². The highest BCUT2D eigenvalue weighted by Crippen LogP contribution is 2.22. The van der Waals surface area contributed by atoms with Crippen LogP contribution in [0, 0.1) is 5.92 Å². The lowest BCUT2D eigenvalue weighted by Gasteiger charge is -2.23. The Morgan fingerprint density at radius 2 is 1.71 bits per heavy atom. The Balaban J connectivity index is 4.41. The molecule has 21 heavy (non-hydrogen) atoms. The number of carbonyl (C=O) groups excluding carboxylic acids is 1. The molecule has 3 atom stereocenters. The third-order valence-electron chi connectivity index (χ3n) is 3.11. The molecule has 0 heterocycles. The number of aliphatic hydroxyl groups is 2. The van der Waals surface area contributed by atoms with Gasteiger partial charge in [0.05, 0.1) is 12.2 Å². The molecule has 4 heteroatoms. The number of aliphatic hydroxyl groups excluding tert-OH is 2. The summed E-state index contributed by atoms with van der Waals surface area (Å²) in [5.41, 5.74) is -0.502. The number of ether oxygens (including phenoxy) is 1. The standard InChI is InChI=1S/C17H30O4/c1-6-14(18)10-8-9-13(11-15(19)7-2)12-16(20)21-17(3,4)5/h6-7,13-15,18-19H,1-2,8-12H2,3-5H3. The molecule has 122 valence electrons. The monoisotopic (exact) mass is 298 g/mol. The minimum atomic E-state index is -0.623. The summed E-state index contributed by atoms with van der Waals surface area (Å²) in [5, 5.41) is 19.2. The van der Waals surface area contributed by atoms with Crippen molar-refractivity contribution in [1.82, 2.24) is 0 Å². The first-order valence-corrected chi connectivity index (χ1v) is 7.51. The first-order valence-electron chi connectivity index (χ1n) is 7.51. The summed E-state index contributed by atoms with van der Waals surface area (Å²) in [7, 11) is 0. The highest BCUT2D eigenvalue weighted by atomic mass is 16.6. The molecule has 0 radical (unpaired) electrons. The Morgan fingerprint density at radius 1 is 1.14 bits per heavy atom. The van der Waals surface area contributed by atoms with Gasteiger partial charge in [0.2, 0.25) is 0 Å². The molecule has 4 nitrogen and oxygen atoms in total. The number of hydrogen-bond donors (Lipinski definition) is 2. The summed E-state index contributed by atoms with van der Waals surface area (Å²) in [6.07, 6.45) is 4.71. The van der Waals surface area contributed by atoms with Gasteiger partial charge in [-0.25, -0.2) is 0 Å². The first-order chi connectivity index (χ1) is 9.67. The number of rotatable bonds is 10. The van der Waals surface area contributed by atoms with Gasteiger partial charge in [0.15, 0.2) is 0 Å². The van der Waals surface area contributed by atoms with Crippen LogP contribution in [-0.2, 0) is 9.53 Å². The quantitative estimate of drug-likeness (QED) is 0.480. The zero-order valence-electron chi connectivity index (χ0n) is 13.5. The second-order valence-electron chi connectivity index (χ2n) is 6.43. The van der Waals surface area contributed by atoms with Crippen LogP contribution in [0.2, 0.25) is 0 Å². The minimum absolute atomic E-state index is 0.0184. The van der Waals surface area contributed by atoms with Crippen LogP contribution in [0.3, 0.4) is 0 Å². The van der Waals surface area contributed by atoms with Crippen LogP contribution in [0.25, 0.3) is 0 Å². The molecule has 2 N–H and O–H groups in total. The van der Waals surface area contributed by atoms with E-state index in [9.17, 15) is 15.0 Å². The molecule has 0 saturated heterocycles. The van der Waals surface area contributed by atoms with E-state index in [1.807, 2.05) is 20.8 Å². The third kappa shape index (κ3) is 11.2. The molecule has 0 rings (SSSR count). The zero-order valence-corrected chi connectivity index (χ0v) is 13.5. The molecule has 0 aromatic heterocycles. The van der Waals surface area contributed by atoms with Gasteiger partial charge >= 0.3 is 5.97 Å². The van der Waals surface area contributed by atoms with Gasteiger partial charge in [-0.15, -0.1) is 13.2 Å². The maximum Gasteiger partial charge on any atom is 0.306 e. The van der Waals surface area contributed by atoms with Crippen LogP contribution in [-0.4, -0.2) is 34.0 Å². The number of hydrogen-bond acceptors (Lipinski definition) is 4. The predicted molar refractivity (Wildman–Crippen MR) is 84.8 cm³/mol. The van der Waals surface area contributed by atoms with Gasteiger partial charge in [-0.2, -0.15) is 0 Å². The lowest BCUT2D eigenvalue weighted by molar-refractivity contribution is -0.156. The fourth-order valence-corrected chi connectivity index (χ4v) is 2.09. The van der Waals surface area contributed by atoms with E-state index in [4.69, 9.17) is 4.74 Å². The van der Waals surface area contributed by atoms with Crippen LogP contribution in [0.1, 0.15) is 52.9 Å². The summed E-state index contributed by atoms with van der Waals surface area (Å²) in [6, 6.07) is 0. The molecule has 0 spiro atoms. The smallest absolute Gasteiger partial charge is 0.306 e. The molecule has 0 aliphatic heterocycles. The third-order valence-corrected chi connectivity index (χ3v) is 3.11. The Bertz CT molecular complexity index is 330. The predicted octanol–water partition coefficient (Wildman–Crippen LogP) is 2.99. The maximum atomic E-state index is 11.9. The van der Waals surface area contributed by atoms with Crippen molar-refractivity contribution in [3.63, 3.8) is 0 Å². The van der Waals surface area contributed by atoms with Crippen LogP contribution in [0.4, 0.5) is 0 Å². The molecule has 3 unspecified atom stereocenters. The average Bonchev–Trinajstić information content (AvgIpc) is 2.35. The zero-order chi connectivity index (χ0) is 16.5. The summed E-state index contributed by atoms with van der Waals surface area (Å²) in [4.78, 5) is 11.9. The Morgan fingerprint density at radius 3 is 2.19 bits per heavy atom. The van der Waals surface area contributed by atoms with Crippen LogP contribution < -0.4 is 0 Å². The molecule has 0 aliphatic carbocycles. The topological polar surface area (TPSA) is 66.8 Å². The fraction of sp³-hybridized carbons (Fsp3) is 0.706. The lowest BCUT2D eigenvalue weighted by Crippen LogP contribution is -2.26. The Hall–Kier alpha value is -1.13. The molecular formula is C17H30O4. The van der Waals surface area contributed by atoms with E-state index >= 15 is 0 Å². The van der Waals surface area contributed by atoms with Crippen molar-refractivity contribution in [2.45, 2.75) is 70.7 Å². The number of esters is 1. The van der Waals surface area contributed by atoms with Crippen molar-refractivity contribution >= 4 is 5.97 Å². The molecule has 0 aromatic rings. The maximum absolute atomic E-state index is 11.9. The largest absolute Gasteiger partial charge is 0.460 e. The van der Waals surface area contributed by atoms with Gasteiger partial charge in [0, 0.05) is 6.42 Å². The molecule has 0 bridgehead atoms. The van der Waals surface area contributed by atoms with Crippen molar-refractivity contribution < 1.29 is 19.7 Å². The molecule has 0 saturated carbocycles. The van der Waals surface area contributed by atoms with E-state index in [2.05, 4.69) is 13.2 Å². The molecule has 0 aliphatic rings. The first kappa shape index (κ1) is 19.9. The van der Waals surface area contributed by atoms with E-state index < -0.39 is 17.8 Å². The average molecular weight is 298 g/mol. The van der Waals surface area contributed by atoms with Crippen LogP contribution in [0.15, 0.2) is 25.3 Å². The van der Waals surface area contributed by atoms with Gasteiger partial charge in [-0.1, -0.05) is 18.6 Å². The SMILES string of the molecule is C=CC(O)CCCC(CC(=O)OC(C)(C)C)CC(O)C=C. The van der Waals surface area contributed by atoms with E-state index in [-0.39, 0.29) is 18.3 Å². The normalized spacial score (nSPS) is 15.9.